The van der Waals surface area contributed by atoms with Crippen molar-refractivity contribution in [3.8, 4) is 0 Å². The van der Waals surface area contributed by atoms with Gasteiger partial charge in [0.05, 0.1) is 5.60 Å². The lowest BCUT2D eigenvalue weighted by atomic mass is 9.73. The molecule has 1 saturated carbocycles. The Morgan fingerprint density at radius 1 is 1.16 bits per heavy atom. The molecule has 0 aromatic heterocycles. The van der Waals surface area contributed by atoms with Crippen LogP contribution in [0.2, 0.25) is 0 Å². The second kappa shape index (κ2) is 4.97. The molecule has 0 spiro atoms. The molecule has 100 valence electrons. The SMILES string of the molecule is CCC1CCCC(O)(c2ccc3ccccc3c2)C1. The van der Waals surface area contributed by atoms with Crippen LogP contribution >= 0.6 is 0 Å². The van der Waals surface area contributed by atoms with Crippen LogP contribution < -0.4 is 0 Å². The number of aliphatic hydroxyl groups is 1. The summed E-state index contributed by atoms with van der Waals surface area (Å²) in [7, 11) is 0. The van der Waals surface area contributed by atoms with Gasteiger partial charge in [0, 0.05) is 0 Å². The van der Waals surface area contributed by atoms with E-state index in [0.29, 0.717) is 5.92 Å². The van der Waals surface area contributed by atoms with Crippen molar-refractivity contribution in [1.29, 1.82) is 0 Å². The summed E-state index contributed by atoms with van der Waals surface area (Å²) < 4.78 is 0. The van der Waals surface area contributed by atoms with Crippen molar-refractivity contribution in [3.05, 3.63) is 48.0 Å². The highest BCUT2D eigenvalue weighted by Gasteiger charge is 2.35. The molecule has 1 nitrogen and oxygen atoms in total. The molecule has 1 N–H and O–H groups in total. The first-order chi connectivity index (χ1) is 9.21. The highest BCUT2D eigenvalue weighted by Crippen LogP contribution is 2.41. The summed E-state index contributed by atoms with van der Waals surface area (Å²) in [5.41, 5.74) is 0.493. The molecular weight excluding hydrogens is 232 g/mol. The van der Waals surface area contributed by atoms with Gasteiger partial charge in [0.2, 0.25) is 0 Å². The van der Waals surface area contributed by atoms with Crippen LogP contribution in [0.1, 0.15) is 44.6 Å². The van der Waals surface area contributed by atoms with Crippen molar-refractivity contribution in [2.24, 2.45) is 5.92 Å². The van der Waals surface area contributed by atoms with E-state index >= 15 is 0 Å². The Bertz CT molecular complexity index is 575. The summed E-state index contributed by atoms with van der Waals surface area (Å²) in [4.78, 5) is 0. The second-order valence-corrected chi connectivity index (χ2v) is 5.96. The molecule has 0 heterocycles. The maximum atomic E-state index is 11.0. The fourth-order valence-corrected chi connectivity index (χ4v) is 3.45. The minimum Gasteiger partial charge on any atom is -0.385 e. The molecule has 0 aliphatic heterocycles. The molecule has 19 heavy (non-hydrogen) atoms. The van der Waals surface area contributed by atoms with Crippen LogP contribution in [0.25, 0.3) is 10.8 Å². The smallest absolute Gasteiger partial charge is 0.0899 e. The molecule has 1 aliphatic rings. The Balaban J connectivity index is 1.98. The van der Waals surface area contributed by atoms with E-state index in [0.717, 1.165) is 24.8 Å². The highest BCUT2D eigenvalue weighted by atomic mass is 16.3. The van der Waals surface area contributed by atoms with E-state index in [2.05, 4.69) is 49.4 Å². The van der Waals surface area contributed by atoms with E-state index in [9.17, 15) is 5.11 Å². The Morgan fingerprint density at radius 2 is 1.95 bits per heavy atom. The van der Waals surface area contributed by atoms with Crippen LogP contribution in [0.3, 0.4) is 0 Å². The average Bonchev–Trinajstić information content (AvgIpc) is 2.46. The fraction of sp³-hybridized carbons (Fsp3) is 0.444. The third-order valence-corrected chi connectivity index (χ3v) is 4.69. The average molecular weight is 254 g/mol. The zero-order valence-corrected chi connectivity index (χ0v) is 11.6. The molecular formula is C18H22O. The molecule has 2 aromatic rings. The third-order valence-electron chi connectivity index (χ3n) is 4.69. The molecule has 2 aromatic carbocycles. The standard InChI is InChI=1S/C18H22O/c1-2-14-6-5-11-18(19,13-14)17-10-9-15-7-3-4-8-16(15)12-17/h3-4,7-10,12,14,19H,2,5-6,11,13H2,1H3. The molecule has 2 unspecified atom stereocenters. The molecule has 0 bridgehead atoms. The normalized spacial score (nSPS) is 27.6. The Labute approximate surface area is 115 Å². The summed E-state index contributed by atoms with van der Waals surface area (Å²) in [6, 6.07) is 14.8. The van der Waals surface area contributed by atoms with Gasteiger partial charge < -0.3 is 5.11 Å². The summed E-state index contributed by atoms with van der Waals surface area (Å²) in [6.45, 7) is 2.23. The zero-order chi connectivity index (χ0) is 13.3. The molecule has 0 amide bonds. The largest absolute Gasteiger partial charge is 0.385 e. The fourth-order valence-electron chi connectivity index (χ4n) is 3.45. The van der Waals surface area contributed by atoms with Crippen LogP contribution in [0.15, 0.2) is 42.5 Å². The van der Waals surface area contributed by atoms with Gasteiger partial charge in [-0.05, 0) is 47.6 Å². The summed E-state index contributed by atoms with van der Waals surface area (Å²) >= 11 is 0. The van der Waals surface area contributed by atoms with Crippen molar-refractivity contribution in [1.82, 2.24) is 0 Å². The molecule has 0 radical (unpaired) electrons. The van der Waals surface area contributed by atoms with Gasteiger partial charge in [-0.25, -0.2) is 0 Å². The van der Waals surface area contributed by atoms with Gasteiger partial charge in [-0.3, -0.25) is 0 Å². The lowest BCUT2D eigenvalue weighted by Gasteiger charge is -2.37. The van der Waals surface area contributed by atoms with Gasteiger partial charge >= 0.3 is 0 Å². The lowest BCUT2D eigenvalue weighted by molar-refractivity contribution is -0.0216. The zero-order valence-electron chi connectivity index (χ0n) is 11.6. The van der Waals surface area contributed by atoms with Gasteiger partial charge in [-0.15, -0.1) is 0 Å². The number of hydrogen-bond acceptors (Lipinski definition) is 1. The maximum absolute atomic E-state index is 11.0. The molecule has 1 fully saturated rings. The van der Waals surface area contributed by atoms with Crippen molar-refractivity contribution >= 4 is 10.8 Å². The lowest BCUT2D eigenvalue weighted by Crippen LogP contribution is -2.32. The maximum Gasteiger partial charge on any atom is 0.0899 e. The first kappa shape index (κ1) is 12.7. The molecule has 1 aliphatic carbocycles. The first-order valence-electron chi connectivity index (χ1n) is 7.43. The number of benzene rings is 2. The number of hydrogen-bond donors (Lipinski definition) is 1. The quantitative estimate of drug-likeness (QED) is 0.828. The molecule has 1 heteroatoms. The van der Waals surface area contributed by atoms with Crippen molar-refractivity contribution in [2.45, 2.75) is 44.6 Å². The van der Waals surface area contributed by atoms with Crippen LogP contribution in [0.5, 0.6) is 0 Å². The number of fused-ring (bicyclic) bond motifs is 1. The van der Waals surface area contributed by atoms with E-state index in [4.69, 9.17) is 0 Å². The van der Waals surface area contributed by atoms with Gasteiger partial charge in [0.15, 0.2) is 0 Å². The van der Waals surface area contributed by atoms with Gasteiger partial charge in [0.25, 0.3) is 0 Å². The number of rotatable bonds is 2. The predicted octanol–water partition coefficient (Wildman–Crippen LogP) is 4.63. The van der Waals surface area contributed by atoms with Crippen molar-refractivity contribution in [3.63, 3.8) is 0 Å². The van der Waals surface area contributed by atoms with E-state index < -0.39 is 5.60 Å². The Hall–Kier alpha value is -1.34. The van der Waals surface area contributed by atoms with Crippen LogP contribution in [-0.2, 0) is 5.60 Å². The molecule has 2 atom stereocenters. The van der Waals surface area contributed by atoms with E-state index in [1.54, 1.807) is 0 Å². The van der Waals surface area contributed by atoms with Crippen molar-refractivity contribution < 1.29 is 5.11 Å². The predicted molar refractivity (Wildman–Crippen MR) is 80.1 cm³/mol. The van der Waals surface area contributed by atoms with E-state index in [1.165, 1.54) is 23.6 Å². The van der Waals surface area contributed by atoms with E-state index in [-0.39, 0.29) is 0 Å². The molecule has 0 saturated heterocycles. The van der Waals surface area contributed by atoms with Gasteiger partial charge in [0.1, 0.15) is 0 Å². The summed E-state index contributed by atoms with van der Waals surface area (Å²) in [6.07, 6.45) is 5.41. The van der Waals surface area contributed by atoms with Crippen molar-refractivity contribution in [2.75, 3.05) is 0 Å². The monoisotopic (exact) mass is 254 g/mol. The minimum atomic E-state index is -0.608. The third kappa shape index (κ3) is 2.40. The van der Waals surface area contributed by atoms with Crippen LogP contribution in [-0.4, -0.2) is 5.11 Å². The minimum absolute atomic E-state index is 0.608. The van der Waals surface area contributed by atoms with Crippen LogP contribution in [0, 0.1) is 5.92 Å². The molecule has 3 rings (SSSR count). The first-order valence-corrected chi connectivity index (χ1v) is 7.43. The van der Waals surface area contributed by atoms with E-state index in [1.807, 2.05) is 0 Å². The van der Waals surface area contributed by atoms with Gasteiger partial charge in [-0.1, -0.05) is 56.2 Å². The Kier molecular flexibility index (Phi) is 3.32. The topological polar surface area (TPSA) is 20.2 Å². The summed E-state index contributed by atoms with van der Waals surface area (Å²) in [5.74, 6) is 0.672. The van der Waals surface area contributed by atoms with Crippen LogP contribution in [0.4, 0.5) is 0 Å². The summed E-state index contributed by atoms with van der Waals surface area (Å²) in [5, 5.41) is 13.5. The highest BCUT2D eigenvalue weighted by molar-refractivity contribution is 5.83. The second-order valence-electron chi connectivity index (χ2n) is 5.96. The Morgan fingerprint density at radius 3 is 2.74 bits per heavy atom. The van der Waals surface area contributed by atoms with Gasteiger partial charge in [-0.2, -0.15) is 0 Å².